The van der Waals surface area contributed by atoms with E-state index in [0.717, 1.165) is 12.1 Å². The molecule has 11 heteroatoms. The molecule has 0 aliphatic carbocycles. The minimum Gasteiger partial charge on any atom is -0.450 e. The molecule has 0 aromatic heterocycles. The predicted octanol–water partition coefficient (Wildman–Crippen LogP) is 1.49. The summed E-state index contributed by atoms with van der Waals surface area (Å²) in [5.74, 6) is -0.663. The Labute approximate surface area is 168 Å². The molecule has 156 valence electrons. The van der Waals surface area contributed by atoms with Crippen LogP contribution in [0.1, 0.15) is 19.8 Å². The largest absolute Gasteiger partial charge is 0.450 e. The minimum atomic E-state index is -4.32. The molecule has 1 aliphatic rings. The van der Waals surface area contributed by atoms with Crippen molar-refractivity contribution in [1.82, 2.24) is 10.2 Å². The maximum absolute atomic E-state index is 12.2. The Bertz CT molecular complexity index is 913. The average molecular weight is 422 g/mol. The molecule has 0 bridgehead atoms. The maximum atomic E-state index is 12.2. The number of ether oxygens (including phenoxy) is 1. The van der Waals surface area contributed by atoms with Crippen molar-refractivity contribution >= 4 is 27.8 Å². The van der Waals surface area contributed by atoms with Gasteiger partial charge in [0.05, 0.1) is 11.5 Å². The summed E-state index contributed by atoms with van der Waals surface area (Å²) in [6, 6.07) is 6.68. The lowest BCUT2D eigenvalue weighted by Crippen LogP contribution is -2.44. The summed E-state index contributed by atoms with van der Waals surface area (Å²) in [4.78, 5) is 25.2. The number of benzene rings is 1. The SMILES string of the molecule is CCOC(=O)N1CCC(N/C=C(/C#N)C(=O)Nc2ccc(S(=O)(=O)O)cc2)CC1. The molecule has 1 saturated heterocycles. The fraction of sp³-hybridized carbons (Fsp3) is 0.389. The molecular weight excluding hydrogens is 400 g/mol. The van der Waals surface area contributed by atoms with Crippen LogP contribution in [-0.4, -0.2) is 55.6 Å². The third kappa shape index (κ3) is 6.48. The lowest BCUT2D eigenvalue weighted by atomic mass is 10.1. The number of amides is 2. The highest BCUT2D eigenvalue weighted by molar-refractivity contribution is 7.85. The third-order valence-electron chi connectivity index (χ3n) is 4.26. The summed E-state index contributed by atoms with van der Waals surface area (Å²) in [6.07, 6.45) is 2.27. The van der Waals surface area contributed by atoms with Crippen LogP contribution in [0.3, 0.4) is 0 Å². The van der Waals surface area contributed by atoms with E-state index in [2.05, 4.69) is 10.6 Å². The quantitative estimate of drug-likeness (QED) is 0.355. The molecule has 1 aliphatic heterocycles. The number of anilines is 1. The van der Waals surface area contributed by atoms with Gasteiger partial charge in [-0.2, -0.15) is 13.7 Å². The summed E-state index contributed by atoms with van der Waals surface area (Å²) in [6.45, 7) is 3.09. The lowest BCUT2D eigenvalue weighted by Gasteiger charge is -2.31. The Balaban J connectivity index is 1.90. The van der Waals surface area contributed by atoms with Crippen LogP contribution in [0.25, 0.3) is 0 Å². The van der Waals surface area contributed by atoms with Crippen LogP contribution in [0.2, 0.25) is 0 Å². The van der Waals surface area contributed by atoms with Crippen molar-refractivity contribution in [3.8, 4) is 6.07 Å². The van der Waals surface area contributed by atoms with Crippen LogP contribution in [0.15, 0.2) is 40.9 Å². The van der Waals surface area contributed by atoms with E-state index in [1.807, 2.05) is 6.07 Å². The molecule has 3 N–H and O–H groups in total. The number of piperidine rings is 1. The Hall–Kier alpha value is -3.10. The number of hydrogen-bond acceptors (Lipinski definition) is 7. The molecule has 1 heterocycles. The molecule has 10 nitrogen and oxygen atoms in total. The topological polar surface area (TPSA) is 149 Å². The molecular formula is C18H22N4O6S. The highest BCUT2D eigenvalue weighted by atomic mass is 32.2. The van der Waals surface area contributed by atoms with Crippen molar-refractivity contribution in [2.75, 3.05) is 25.0 Å². The number of nitriles is 1. The number of likely N-dealkylation sites (tertiary alicyclic amines) is 1. The summed E-state index contributed by atoms with van der Waals surface area (Å²) in [5.41, 5.74) is 0.114. The van der Waals surface area contributed by atoms with Crippen molar-refractivity contribution in [2.24, 2.45) is 0 Å². The van der Waals surface area contributed by atoms with Gasteiger partial charge < -0.3 is 20.3 Å². The molecule has 0 radical (unpaired) electrons. The number of nitrogens with one attached hydrogen (secondary N) is 2. The normalized spacial score (nSPS) is 15.3. The van der Waals surface area contributed by atoms with Gasteiger partial charge in [0.15, 0.2) is 0 Å². The molecule has 0 atom stereocenters. The van der Waals surface area contributed by atoms with E-state index in [1.54, 1.807) is 11.8 Å². The summed E-state index contributed by atoms with van der Waals surface area (Å²) < 4.78 is 36.0. The van der Waals surface area contributed by atoms with Gasteiger partial charge in [0.25, 0.3) is 16.0 Å². The van der Waals surface area contributed by atoms with Gasteiger partial charge in [-0.25, -0.2) is 4.79 Å². The van der Waals surface area contributed by atoms with Crippen molar-refractivity contribution < 1.29 is 27.3 Å². The van der Waals surface area contributed by atoms with Crippen molar-refractivity contribution in [2.45, 2.75) is 30.7 Å². The van der Waals surface area contributed by atoms with E-state index in [1.165, 1.54) is 18.3 Å². The van der Waals surface area contributed by atoms with Crippen molar-refractivity contribution in [3.63, 3.8) is 0 Å². The van der Waals surface area contributed by atoms with Crippen LogP contribution in [0.5, 0.6) is 0 Å². The number of carbonyl (C=O) groups excluding carboxylic acids is 2. The van der Waals surface area contributed by atoms with Crippen molar-refractivity contribution in [3.05, 3.63) is 36.0 Å². The Kier molecular flexibility index (Phi) is 7.58. The fourth-order valence-electron chi connectivity index (χ4n) is 2.70. The molecule has 0 spiro atoms. The molecule has 1 aromatic rings. The van der Waals surface area contributed by atoms with E-state index in [9.17, 15) is 23.3 Å². The van der Waals surface area contributed by atoms with Gasteiger partial charge in [-0.1, -0.05) is 0 Å². The first-order valence-electron chi connectivity index (χ1n) is 8.91. The number of hydrogen-bond donors (Lipinski definition) is 3. The van der Waals surface area contributed by atoms with E-state index < -0.39 is 16.0 Å². The average Bonchev–Trinajstić information content (AvgIpc) is 2.69. The first kappa shape index (κ1) is 22.2. The van der Waals surface area contributed by atoms with Gasteiger partial charge in [0.2, 0.25) is 0 Å². The molecule has 0 saturated carbocycles. The van der Waals surface area contributed by atoms with Crippen LogP contribution in [0.4, 0.5) is 10.5 Å². The Morgan fingerprint density at radius 3 is 2.45 bits per heavy atom. The highest BCUT2D eigenvalue weighted by Gasteiger charge is 2.23. The van der Waals surface area contributed by atoms with E-state index >= 15 is 0 Å². The third-order valence-corrected chi connectivity index (χ3v) is 5.13. The van der Waals surface area contributed by atoms with Crippen LogP contribution < -0.4 is 10.6 Å². The van der Waals surface area contributed by atoms with E-state index in [-0.39, 0.29) is 28.3 Å². The first-order valence-corrected chi connectivity index (χ1v) is 10.4. The summed E-state index contributed by atoms with van der Waals surface area (Å²) in [7, 11) is -4.32. The summed E-state index contributed by atoms with van der Waals surface area (Å²) >= 11 is 0. The van der Waals surface area contributed by atoms with Crippen LogP contribution in [-0.2, 0) is 19.6 Å². The van der Waals surface area contributed by atoms with Gasteiger partial charge in [-0.3, -0.25) is 9.35 Å². The molecule has 2 rings (SSSR count). The van der Waals surface area contributed by atoms with Gasteiger partial charge in [0.1, 0.15) is 11.6 Å². The van der Waals surface area contributed by atoms with E-state index in [4.69, 9.17) is 9.29 Å². The number of rotatable bonds is 6. The standard InChI is InChI=1S/C18H22N4O6S/c1-2-28-18(24)22-9-7-14(8-10-22)20-12-13(11-19)17(23)21-15-3-5-16(6-4-15)29(25,26)27/h3-6,12,14,20H,2,7-10H2,1H3,(H,21,23)(H,25,26,27)/b13-12-. The van der Waals surface area contributed by atoms with Crippen LogP contribution >= 0.6 is 0 Å². The second kappa shape index (κ2) is 9.90. The monoisotopic (exact) mass is 422 g/mol. The highest BCUT2D eigenvalue weighted by Crippen LogP contribution is 2.15. The van der Waals surface area contributed by atoms with E-state index in [0.29, 0.717) is 32.5 Å². The fourth-order valence-corrected chi connectivity index (χ4v) is 3.18. The van der Waals surface area contributed by atoms with Gasteiger partial charge in [-0.15, -0.1) is 0 Å². The molecule has 0 unspecified atom stereocenters. The molecule has 2 amide bonds. The Morgan fingerprint density at radius 2 is 1.93 bits per heavy atom. The number of carbonyl (C=O) groups is 2. The molecule has 29 heavy (non-hydrogen) atoms. The first-order chi connectivity index (χ1) is 13.7. The smallest absolute Gasteiger partial charge is 0.409 e. The minimum absolute atomic E-state index is 0.00544. The zero-order valence-corrected chi connectivity index (χ0v) is 16.6. The predicted molar refractivity (Wildman–Crippen MR) is 103 cm³/mol. The van der Waals surface area contributed by atoms with Gasteiger partial charge >= 0.3 is 6.09 Å². The molecule has 1 fully saturated rings. The second-order valence-electron chi connectivity index (χ2n) is 6.25. The zero-order chi connectivity index (χ0) is 21.4. The lowest BCUT2D eigenvalue weighted by molar-refractivity contribution is -0.112. The van der Waals surface area contributed by atoms with Gasteiger partial charge in [0, 0.05) is 31.0 Å². The summed E-state index contributed by atoms with van der Waals surface area (Å²) in [5, 5.41) is 14.7. The number of nitrogens with zero attached hydrogens (tertiary/aromatic N) is 2. The Morgan fingerprint density at radius 1 is 1.31 bits per heavy atom. The van der Waals surface area contributed by atoms with Crippen molar-refractivity contribution in [1.29, 1.82) is 5.26 Å². The zero-order valence-electron chi connectivity index (χ0n) is 15.8. The maximum Gasteiger partial charge on any atom is 0.409 e. The molecule has 1 aromatic carbocycles. The second-order valence-corrected chi connectivity index (χ2v) is 7.67. The van der Waals surface area contributed by atoms with Crippen LogP contribution in [0, 0.1) is 11.3 Å². The van der Waals surface area contributed by atoms with Gasteiger partial charge in [-0.05, 0) is 44.0 Å².